The van der Waals surface area contributed by atoms with Gasteiger partial charge >= 0.3 is 5.69 Å². The van der Waals surface area contributed by atoms with Gasteiger partial charge in [-0.1, -0.05) is 0 Å². The van der Waals surface area contributed by atoms with Gasteiger partial charge in [0, 0.05) is 11.8 Å². The van der Waals surface area contributed by atoms with Gasteiger partial charge in [-0.25, -0.2) is 9.67 Å². The summed E-state index contributed by atoms with van der Waals surface area (Å²) in [7, 11) is 0. The van der Waals surface area contributed by atoms with Crippen molar-refractivity contribution in [1.29, 1.82) is 0 Å². The molecule has 2 heterocycles. The van der Waals surface area contributed by atoms with Crippen molar-refractivity contribution in [2.45, 2.75) is 20.8 Å². The fraction of sp³-hybridized carbons (Fsp3) is 0.273. The van der Waals surface area contributed by atoms with Crippen LogP contribution in [0, 0.1) is 30.9 Å². The summed E-state index contributed by atoms with van der Waals surface area (Å²) in [5.74, 6) is 0.242. The Morgan fingerprint density at radius 2 is 2.00 bits per heavy atom. The van der Waals surface area contributed by atoms with Crippen LogP contribution in [0.5, 0.6) is 0 Å². The maximum absolute atomic E-state index is 11.0. The molecule has 0 fully saturated rings. The molecule has 0 spiro atoms. The van der Waals surface area contributed by atoms with E-state index in [1.165, 1.54) is 10.7 Å². The van der Waals surface area contributed by atoms with Gasteiger partial charge in [0.05, 0.1) is 20.8 Å². The lowest BCUT2D eigenvalue weighted by Crippen LogP contribution is -2.07. The quantitative estimate of drug-likeness (QED) is 0.631. The summed E-state index contributed by atoms with van der Waals surface area (Å²) < 4.78 is 2.32. The minimum Gasteiger partial charge on any atom is -0.258 e. The number of aryl methyl sites for hydroxylation is 2. The van der Waals surface area contributed by atoms with Crippen molar-refractivity contribution < 1.29 is 4.92 Å². The smallest absolute Gasteiger partial charge is 0.258 e. The third-order valence-electron chi connectivity index (χ3n) is 2.59. The molecule has 0 unspecified atom stereocenters. The zero-order chi connectivity index (χ0) is 13.4. The Morgan fingerprint density at radius 1 is 1.33 bits per heavy atom. The molecule has 7 heteroatoms. The number of hydrogen-bond donors (Lipinski definition) is 0. The monoisotopic (exact) mass is 310 g/mol. The molecule has 0 aliphatic carbocycles. The Kier molecular flexibility index (Phi) is 3.16. The maximum Gasteiger partial charge on any atom is 0.313 e. The van der Waals surface area contributed by atoms with E-state index in [4.69, 9.17) is 0 Å². The topological polar surface area (TPSA) is 73.8 Å². The highest BCUT2D eigenvalue weighted by Crippen LogP contribution is 2.26. The first-order chi connectivity index (χ1) is 8.41. The lowest BCUT2D eigenvalue weighted by Gasteiger charge is -2.05. The van der Waals surface area contributed by atoms with E-state index in [2.05, 4.69) is 26.0 Å². The zero-order valence-corrected chi connectivity index (χ0v) is 11.7. The number of rotatable bonds is 2. The second-order valence-corrected chi connectivity index (χ2v) is 4.74. The first-order valence-corrected chi connectivity index (χ1v) is 6.05. The van der Waals surface area contributed by atoms with Gasteiger partial charge in [0.25, 0.3) is 0 Å². The predicted molar refractivity (Wildman–Crippen MR) is 69.9 cm³/mol. The fourth-order valence-electron chi connectivity index (χ4n) is 1.66. The molecule has 0 atom stereocenters. The molecule has 2 rings (SSSR count). The normalized spacial score (nSPS) is 10.7. The van der Waals surface area contributed by atoms with Crippen molar-refractivity contribution in [3.8, 4) is 5.82 Å². The van der Waals surface area contributed by atoms with E-state index in [0.29, 0.717) is 5.69 Å². The van der Waals surface area contributed by atoms with Crippen LogP contribution in [-0.2, 0) is 0 Å². The Morgan fingerprint density at radius 3 is 2.50 bits per heavy atom. The van der Waals surface area contributed by atoms with Crippen molar-refractivity contribution in [2.24, 2.45) is 0 Å². The Balaban J connectivity index is 2.73. The van der Waals surface area contributed by atoms with Crippen LogP contribution in [0.15, 0.2) is 16.6 Å². The molecular formula is C11H11BrN4O2. The predicted octanol–water partition coefficient (Wildman–Crippen LogP) is 2.86. The SMILES string of the molecule is Cc1ccc([N+](=O)[O-])c(-n2nc(C)c(Br)c2C)n1. The summed E-state index contributed by atoms with van der Waals surface area (Å²) in [5.41, 5.74) is 2.21. The summed E-state index contributed by atoms with van der Waals surface area (Å²) in [5, 5.41) is 15.3. The zero-order valence-electron chi connectivity index (χ0n) is 10.1. The molecule has 0 N–H and O–H groups in total. The summed E-state index contributed by atoms with van der Waals surface area (Å²) >= 11 is 3.40. The first-order valence-electron chi connectivity index (χ1n) is 5.26. The average molecular weight is 311 g/mol. The highest BCUT2D eigenvalue weighted by Gasteiger charge is 2.21. The number of halogens is 1. The van der Waals surface area contributed by atoms with Gasteiger partial charge in [0.15, 0.2) is 0 Å². The van der Waals surface area contributed by atoms with Crippen LogP contribution in [0.1, 0.15) is 17.1 Å². The van der Waals surface area contributed by atoms with Gasteiger partial charge in [-0.05, 0) is 42.8 Å². The van der Waals surface area contributed by atoms with Crippen LogP contribution in [0.3, 0.4) is 0 Å². The number of pyridine rings is 1. The van der Waals surface area contributed by atoms with Gasteiger partial charge in [-0.15, -0.1) is 0 Å². The van der Waals surface area contributed by atoms with Gasteiger partial charge in [-0.2, -0.15) is 5.10 Å². The summed E-state index contributed by atoms with van der Waals surface area (Å²) in [6.07, 6.45) is 0. The average Bonchev–Trinajstić information content (AvgIpc) is 2.56. The second-order valence-electron chi connectivity index (χ2n) is 3.95. The summed E-state index contributed by atoms with van der Waals surface area (Å²) in [6.45, 7) is 5.45. The Bertz CT molecular complexity index is 636. The highest BCUT2D eigenvalue weighted by molar-refractivity contribution is 9.10. The molecule has 0 saturated heterocycles. The van der Waals surface area contributed by atoms with Gasteiger partial charge < -0.3 is 0 Å². The summed E-state index contributed by atoms with van der Waals surface area (Å²) in [4.78, 5) is 14.8. The molecular weight excluding hydrogens is 300 g/mol. The first kappa shape index (κ1) is 12.7. The Hall–Kier alpha value is -1.76. The van der Waals surface area contributed by atoms with Gasteiger partial charge in [0.2, 0.25) is 5.82 Å². The van der Waals surface area contributed by atoms with E-state index in [0.717, 1.165) is 15.9 Å². The molecule has 0 amide bonds. The van der Waals surface area contributed by atoms with Crippen LogP contribution in [0.25, 0.3) is 5.82 Å². The molecule has 0 aliphatic rings. The number of hydrogen-bond acceptors (Lipinski definition) is 4. The van der Waals surface area contributed by atoms with Crippen molar-refractivity contribution in [2.75, 3.05) is 0 Å². The second kappa shape index (κ2) is 4.49. The molecule has 0 saturated carbocycles. The van der Waals surface area contributed by atoms with E-state index in [1.807, 2.05) is 13.8 Å². The molecule has 2 aromatic rings. The lowest BCUT2D eigenvalue weighted by molar-refractivity contribution is -0.385. The van der Waals surface area contributed by atoms with Gasteiger partial charge in [-0.3, -0.25) is 10.1 Å². The van der Waals surface area contributed by atoms with E-state index in [1.54, 1.807) is 13.0 Å². The lowest BCUT2D eigenvalue weighted by atomic mass is 10.3. The third kappa shape index (κ3) is 2.01. The number of nitrogens with zero attached hydrogens (tertiary/aromatic N) is 4. The minimum absolute atomic E-state index is 0.0568. The maximum atomic E-state index is 11.0. The molecule has 0 bridgehead atoms. The third-order valence-corrected chi connectivity index (χ3v) is 3.74. The van der Waals surface area contributed by atoms with Crippen LogP contribution in [0.4, 0.5) is 5.69 Å². The van der Waals surface area contributed by atoms with Crippen LogP contribution in [-0.4, -0.2) is 19.7 Å². The summed E-state index contributed by atoms with van der Waals surface area (Å²) in [6, 6.07) is 3.06. The molecule has 0 aliphatic heterocycles. The van der Waals surface area contributed by atoms with Gasteiger partial charge in [0.1, 0.15) is 0 Å². The van der Waals surface area contributed by atoms with E-state index >= 15 is 0 Å². The molecule has 2 aromatic heterocycles. The number of nitro groups is 1. The molecule has 0 aromatic carbocycles. The molecule has 94 valence electrons. The standard InChI is InChI=1S/C11H11BrN4O2/c1-6-4-5-9(16(17)18)11(13-6)15-8(3)10(12)7(2)14-15/h4-5H,1-3H3. The molecule has 0 radical (unpaired) electrons. The van der Waals surface area contributed by atoms with Crippen molar-refractivity contribution in [3.05, 3.63) is 43.8 Å². The van der Waals surface area contributed by atoms with E-state index in [9.17, 15) is 10.1 Å². The Labute approximate surface area is 112 Å². The van der Waals surface area contributed by atoms with Crippen LogP contribution in [0.2, 0.25) is 0 Å². The largest absolute Gasteiger partial charge is 0.313 e. The van der Waals surface area contributed by atoms with Crippen molar-refractivity contribution in [3.63, 3.8) is 0 Å². The van der Waals surface area contributed by atoms with Crippen LogP contribution < -0.4 is 0 Å². The molecule has 18 heavy (non-hydrogen) atoms. The van der Waals surface area contributed by atoms with E-state index in [-0.39, 0.29) is 11.5 Å². The number of aromatic nitrogens is 3. The van der Waals surface area contributed by atoms with E-state index < -0.39 is 4.92 Å². The fourth-order valence-corrected chi connectivity index (χ4v) is 1.91. The van der Waals surface area contributed by atoms with Crippen molar-refractivity contribution >= 4 is 21.6 Å². The van der Waals surface area contributed by atoms with Crippen molar-refractivity contribution in [1.82, 2.24) is 14.8 Å². The molecule has 6 nitrogen and oxygen atoms in total. The highest BCUT2D eigenvalue weighted by atomic mass is 79.9. The minimum atomic E-state index is -0.452. The van der Waals surface area contributed by atoms with Crippen LogP contribution >= 0.6 is 15.9 Å².